The molecule has 1 aromatic carbocycles. The fourth-order valence-electron chi connectivity index (χ4n) is 3.28. The lowest BCUT2D eigenvalue weighted by molar-refractivity contribution is -0.139. The van der Waals surface area contributed by atoms with Crippen molar-refractivity contribution in [2.24, 2.45) is 0 Å². The SMILES string of the molecule is O=C(NCc1ccncc1)C(=O)NC[C@@H]1OCCN1S(=O)(=O)c1ccc2c(c1)OCCO2. The first kappa shape index (κ1) is 22.0. The minimum Gasteiger partial charge on any atom is -0.486 e. The number of carbonyl (C=O) groups is 2. The Morgan fingerprint density at radius 1 is 1.00 bits per heavy atom. The smallest absolute Gasteiger partial charge is 0.309 e. The van der Waals surface area contributed by atoms with Gasteiger partial charge in [-0.3, -0.25) is 14.6 Å². The first-order valence-corrected chi connectivity index (χ1v) is 11.4. The van der Waals surface area contributed by atoms with E-state index in [4.69, 9.17) is 14.2 Å². The van der Waals surface area contributed by atoms with Crippen molar-refractivity contribution in [2.75, 3.05) is 32.9 Å². The van der Waals surface area contributed by atoms with Crippen LogP contribution < -0.4 is 20.1 Å². The summed E-state index contributed by atoms with van der Waals surface area (Å²) in [6.07, 6.45) is 2.22. The van der Waals surface area contributed by atoms with Crippen molar-refractivity contribution in [3.63, 3.8) is 0 Å². The van der Waals surface area contributed by atoms with Gasteiger partial charge >= 0.3 is 11.8 Å². The van der Waals surface area contributed by atoms with Crippen molar-refractivity contribution in [3.05, 3.63) is 48.3 Å². The molecule has 170 valence electrons. The van der Waals surface area contributed by atoms with Crippen molar-refractivity contribution in [2.45, 2.75) is 17.7 Å². The molecule has 1 saturated heterocycles. The number of carbonyl (C=O) groups excluding carboxylic acids is 2. The highest BCUT2D eigenvalue weighted by Gasteiger charge is 2.37. The Morgan fingerprint density at radius 2 is 1.72 bits per heavy atom. The molecular formula is C20H22N4O7S. The van der Waals surface area contributed by atoms with Gasteiger partial charge in [0, 0.05) is 31.5 Å². The second kappa shape index (κ2) is 9.51. The number of ether oxygens (including phenoxy) is 3. The van der Waals surface area contributed by atoms with Crippen molar-refractivity contribution in [1.82, 2.24) is 19.9 Å². The molecule has 3 heterocycles. The van der Waals surface area contributed by atoms with Gasteiger partial charge < -0.3 is 24.8 Å². The fraction of sp³-hybridized carbons (Fsp3) is 0.350. The highest BCUT2D eigenvalue weighted by Crippen LogP contribution is 2.34. The molecule has 2 aliphatic rings. The predicted molar refractivity (Wildman–Crippen MR) is 110 cm³/mol. The molecular weight excluding hydrogens is 440 g/mol. The van der Waals surface area contributed by atoms with Gasteiger partial charge in [0.05, 0.1) is 18.0 Å². The lowest BCUT2D eigenvalue weighted by atomic mass is 10.3. The number of nitrogens with one attached hydrogen (secondary N) is 2. The van der Waals surface area contributed by atoms with Crippen LogP contribution in [0.2, 0.25) is 0 Å². The minimum absolute atomic E-state index is 0.0265. The van der Waals surface area contributed by atoms with Crippen molar-refractivity contribution >= 4 is 21.8 Å². The summed E-state index contributed by atoms with van der Waals surface area (Å²) in [5.41, 5.74) is 0.789. The Labute approximate surface area is 184 Å². The van der Waals surface area contributed by atoms with Gasteiger partial charge in [0.25, 0.3) is 0 Å². The third kappa shape index (κ3) is 4.82. The van der Waals surface area contributed by atoms with Gasteiger partial charge in [0.1, 0.15) is 19.4 Å². The molecule has 2 aromatic rings. The fourth-order valence-corrected chi connectivity index (χ4v) is 4.81. The van der Waals surface area contributed by atoms with Gasteiger partial charge in [-0.2, -0.15) is 4.31 Å². The van der Waals surface area contributed by atoms with E-state index in [1.807, 2.05) is 0 Å². The molecule has 2 aliphatic heterocycles. The Balaban J connectivity index is 1.36. The van der Waals surface area contributed by atoms with Gasteiger partial charge in [-0.05, 0) is 29.8 Å². The van der Waals surface area contributed by atoms with Crippen LogP contribution in [-0.2, 0) is 30.9 Å². The molecule has 0 radical (unpaired) electrons. The molecule has 0 saturated carbocycles. The van der Waals surface area contributed by atoms with Gasteiger partial charge in [0.2, 0.25) is 10.0 Å². The number of amides is 2. The largest absolute Gasteiger partial charge is 0.486 e. The number of hydrogen-bond donors (Lipinski definition) is 2. The third-order valence-electron chi connectivity index (χ3n) is 4.91. The zero-order valence-corrected chi connectivity index (χ0v) is 17.8. The normalized spacial score (nSPS) is 18.2. The van der Waals surface area contributed by atoms with Gasteiger partial charge in [0.15, 0.2) is 11.5 Å². The lowest BCUT2D eigenvalue weighted by Gasteiger charge is -2.24. The van der Waals surface area contributed by atoms with Crippen molar-refractivity contribution in [1.29, 1.82) is 0 Å². The van der Waals surface area contributed by atoms with E-state index in [1.54, 1.807) is 30.6 Å². The Bertz CT molecular complexity index is 1090. The van der Waals surface area contributed by atoms with Crippen LogP contribution >= 0.6 is 0 Å². The molecule has 0 spiro atoms. The quantitative estimate of drug-likeness (QED) is 0.555. The molecule has 0 bridgehead atoms. The number of fused-ring (bicyclic) bond motifs is 1. The summed E-state index contributed by atoms with van der Waals surface area (Å²) in [7, 11) is -3.92. The Kier molecular flexibility index (Phi) is 6.53. The van der Waals surface area contributed by atoms with E-state index in [0.717, 1.165) is 9.87 Å². The van der Waals surface area contributed by atoms with Crippen molar-refractivity contribution < 1.29 is 32.2 Å². The number of pyridine rings is 1. The standard InChI is InChI=1S/C20H22N4O7S/c25-19(22-12-14-3-5-21-6-4-14)20(26)23-13-18-24(7-8-31-18)32(27,28)15-1-2-16-17(11-15)30-10-9-29-16/h1-6,11,18H,7-10,12-13H2,(H,22,25)(H,23,26)/t18-/m0/s1. The maximum absolute atomic E-state index is 13.1. The zero-order valence-electron chi connectivity index (χ0n) is 17.0. The molecule has 1 atom stereocenters. The van der Waals surface area contributed by atoms with E-state index in [2.05, 4.69) is 15.6 Å². The van der Waals surface area contributed by atoms with Crippen LogP contribution in [0.4, 0.5) is 0 Å². The summed E-state index contributed by atoms with van der Waals surface area (Å²) >= 11 is 0. The van der Waals surface area contributed by atoms with E-state index >= 15 is 0 Å². The van der Waals surface area contributed by atoms with Crippen LogP contribution in [0.25, 0.3) is 0 Å². The van der Waals surface area contributed by atoms with E-state index < -0.39 is 28.1 Å². The lowest BCUT2D eigenvalue weighted by Crippen LogP contribution is -2.47. The molecule has 4 rings (SSSR count). The highest BCUT2D eigenvalue weighted by atomic mass is 32.2. The van der Waals surface area contributed by atoms with Crippen LogP contribution in [0.5, 0.6) is 11.5 Å². The van der Waals surface area contributed by atoms with Crippen LogP contribution in [0.3, 0.4) is 0 Å². The topological polar surface area (TPSA) is 136 Å². The van der Waals surface area contributed by atoms with Crippen LogP contribution in [-0.4, -0.2) is 68.7 Å². The van der Waals surface area contributed by atoms with E-state index in [9.17, 15) is 18.0 Å². The first-order chi connectivity index (χ1) is 15.4. The molecule has 11 nitrogen and oxygen atoms in total. The predicted octanol–water partition coefficient (Wildman–Crippen LogP) is -0.368. The summed E-state index contributed by atoms with van der Waals surface area (Å²) in [6.45, 7) is 1.01. The second-order valence-electron chi connectivity index (χ2n) is 6.99. The molecule has 1 fully saturated rings. The number of hydrogen-bond acceptors (Lipinski definition) is 8. The summed E-state index contributed by atoms with van der Waals surface area (Å²) in [4.78, 5) is 28.0. The van der Waals surface area contributed by atoms with Gasteiger partial charge in [-0.15, -0.1) is 0 Å². The zero-order chi connectivity index (χ0) is 22.6. The Hall–Kier alpha value is -3.22. The molecule has 0 unspecified atom stereocenters. The average molecular weight is 462 g/mol. The molecule has 2 amide bonds. The number of rotatable bonds is 6. The molecule has 12 heteroatoms. The second-order valence-corrected chi connectivity index (χ2v) is 8.89. The number of nitrogens with zero attached hydrogens (tertiary/aromatic N) is 2. The molecule has 2 N–H and O–H groups in total. The van der Waals surface area contributed by atoms with E-state index in [-0.39, 0.29) is 31.1 Å². The first-order valence-electron chi connectivity index (χ1n) is 9.93. The van der Waals surface area contributed by atoms with Crippen molar-refractivity contribution in [3.8, 4) is 11.5 Å². The molecule has 32 heavy (non-hydrogen) atoms. The maximum Gasteiger partial charge on any atom is 0.309 e. The van der Waals surface area contributed by atoms with Gasteiger partial charge in [-0.1, -0.05) is 0 Å². The van der Waals surface area contributed by atoms with Gasteiger partial charge in [-0.25, -0.2) is 8.42 Å². The average Bonchev–Trinajstić information content (AvgIpc) is 3.31. The number of benzene rings is 1. The summed E-state index contributed by atoms with van der Waals surface area (Å²) < 4.78 is 43.8. The molecule has 0 aliphatic carbocycles. The third-order valence-corrected chi connectivity index (χ3v) is 6.79. The minimum atomic E-state index is -3.92. The summed E-state index contributed by atoms with van der Waals surface area (Å²) in [5, 5.41) is 4.92. The van der Waals surface area contributed by atoms with Crippen LogP contribution in [0, 0.1) is 0 Å². The number of aromatic nitrogens is 1. The van der Waals surface area contributed by atoms with E-state index in [0.29, 0.717) is 24.7 Å². The highest BCUT2D eigenvalue weighted by molar-refractivity contribution is 7.89. The Morgan fingerprint density at radius 3 is 2.50 bits per heavy atom. The maximum atomic E-state index is 13.1. The van der Waals surface area contributed by atoms with Crippen LogP contribution in [0.15, 0.2) is 47.6 Å². The summed E-state index contributed by atoms with van der Waals surface area (Å²) in [5.74, 6) is -0.880. The number of sulfonamides is 1. The molecule has 1 aromatic heterocycles. The van der Waals surface area contributed by atoms with E-state index in [1.165, 1.54) is 12.1 Å². The monoisotopic (exact) mass is 462 g/mol. The van der Waals surface area contributed by atoms with Crippen LogP contribution in [0.1, 0.15) is 5.56 Å². The summed E-state index contributed by atoms with van der Waals surface area (Å²) in [6, 6.07) is 7.81.